The van der Waals surface area contributed by atoms with E-state index in [4.69, 9.17) is 0 Å². The summed E-state index contributed by atoms with van der Waals surface area (Å²) in [5.41, 5.74) is 1.34. The molecular weight excluding hydrogens is 260 g/mol. The highest BCUT2D eigenvalue weighted by atomic mass is 32.1. The van der Waals surface area contributed by atoms with Gasteiger partial charge in [-0.1, -0.05) is 18.2 Å². The number of aromatic nitrogens is 3. The highest BCUT2D eigenvalue weighted by Gasteiger charge is 2.10. The van der Waals surface area contributed by atoms with E-state index in [1.54, 1.807) is 17.4 Å². The molecule has 1 amide bonds. The summed E-state index contributed by atoms with van der Waals surface area (Å²) in [6.07, 6.45) is 0. The standard InChI is InChI=1S/C13H10N4OS/c18-13(14-8-9-4-3-7-19-9)12-15-10-5-1-2-6-11(10)16-17-12/h1-7H,8H2,(H,14,18). The van der Waals surface area contributed by atoms with Gasteiger partial charge < -0.3 is 5.32 Å². The molecule has 6 heteroatoms. The van der Waals surface area contributed by atoms with E-state index in [0.717, 1.165) is 4.88 Å². The van der Waals surface area contributed by atoms with E-state index >= 15 is 0 Å². The van der Waals surface area contributed by atoms with Gasteiger partial charge in [0.2, 0.25) is 5.82 Å². The van der Waals surface area contributed by atoms with Crippen molar-refractivity contribution in [1.82, 2.24) is 20.5 Å². The summed E-state index contributed by atoms with van der Waals surface area (Å²) in [6, 6.07) is 11.2. The molecule has 0 unspecified atom stereocenters. The number of thiophene rings is 1. The Labute approximate surface area is 113 Å². The van der Waals surface area contributed by atoms with Crippen LogP contribution in [0.4, 0.5) is 0 Å². The van der Waals surface area contributed by atoms with Gasteiger partial charge in [-0.25, -0.2) is 4.98 Å². The molecule has 19 heavy (non-hydrogen) atoms. The minimum atomic E-state index is -0.313. The molecule has 2 aromatic heterocycles. The molecule has 0 saturated heterocycles. The molecule has 3 aromatic rings. The van der Waals surface area contributed by atoms with E-state index in [1.807, 2.05) is 35.7 Å². The van der Waals surface area contributed by atoms with Gasteiger partial charge in [0.25, 0.3) is 5.91 Å². The molecule has 3 rings (SSSR count). The van der Waals surface area contributed by atoms with Crippen molar-refractivity contribution in [2.24, 2.45) is 0 Å². The van der Waals surface area contributed by atoms with Gasteiger partial charge >= 0.3 is 0 Å². The normalized spacial score (nSPS) is 10.5. The Kier molecular flexibility index (Phi) is 3.16. The molecular formula is C13H10N4OS. The Hall–Kier alpha value is -2.34. The monoisotopic (exact) mass is 270 g/mol. The molecule has 94 valence electrons. The third kappa shape index (κ3) is 2.58. The maximum absolute atomic E-state index is 11.9. The van der Waals surface area contributed by atoms with Gasteiger partial charge in [0.05, 0.1) is 12.1 Å². The lowest BCUT2D eigenvalue weighted by Crippen LogP contribution is -2.25. The number of fused-ring (bicyclic) bond motifs is 1. The van der Waals surface area contributed by atoms with Crippen LogP contribution in [0.1, 0.15) is 15.5 Å². The second-order valence-corrected chi connectivity index (χ2v) is 4.92. The predicted octanol–water partition coefficient (Wildman–Crippen LogP) is 2.02. The molecule has 5 nitrogen and oxygen atoms in total. The topological polar surface area (TPSA) is 67.8 Å². The summed E-state index contributed by atoms with van der Waals surface area (Å²) in [7, 11) is 0. The van der Waals surface area contributed by atoms with Gasteiger partial charge in [0.1, 0.15) is 5.52 Å². The van der Waals surface area contributed by atoms with Gasteiger partial charge in [-0.15, -0.1) is 21.5 Å². The second kappa shape index (κ2) is 5.11. The SMILES string of the molecule is O=C(NCc1cccs1)c1nnc2ccccc2n1. The summed E-state index contributed by atoms with van der Waals surface area (Å²) in [4.78, 5) is 17.2. The Bertz CT molecular complexity index is 711. The zero-order chi connectivity index (χ0) is 13.1. The lowest BCUT2D eigenvalue weighted by atomic mass is 10.3. The number of carbonyl (C=O) groups excluding carboxylic acids is 1. The summed E-state index contributed by atoms with van der Waals surface area (Å²) < 4.78 is 0. The molecule has 0 spiro atoms. The quantitative estimate of drug-likeness (QED) is 0.790. The first-order chi connectivity index (χ1) is 9.33. The molecule has 1 N–H and O–H groups in total. The molecule has 1 aromatic carbocycles. The van der Waals surface area contributed by atoms with E-state index in [1.165, 1.54) is 0 Å². The van der Waals surface area contributed by atoms with Crippen molar-refractivity contribution in [3.05, 3.63) is 52.5 Å². The molecule has 0 fully saturated rings. The smallest absolute Gasteiger partial charge is 0.291 e. The van der Waals surface area contributed by atoms with Crippen LogP contribution in [-0.2, 0) is 6.54 Å². The number of hydrogen-bond donors (Lipinski definition) is 1. The zero-order valence-electron chi connectivity index (χ0n) is 9.91. The number of nitrogens with one attached hydrogen (secondary N) is 1. The minimum absolute atomic E-state index is 0.0928. The van der Waals surface area contributed by atoms with Gasteiger partial charge in [-0.05, 0) is 23.6 Å². The number of rotatable bonds is 3. The van der Waals surface area contributed by atoms with Crippen molar-refractivity contribution in [3.63, 3.8) is 0 Å². The lowest BCUT2D eigenvalue weighted by molar-refractivity contribution is 0.0940. The fourth-order valence-electron chi connectivity index (χ4n) is 1.64. The van der Waals surface area contributed by atoms with E-state index < -0.39 is 0 Å². The van der Waals surface area contributed by atoms with Crippen LogP contribution in [-0.4, -0.2) is 21.1 Å². The summed E-state index contributed by atoms with van der Waals surface area (Å²) in [5, 5.41) is 12.6. The maximum Gasteiger partial charge on any atom is 0.291 e. The number of hydrogen-bond acceptors (Lipinski definition) is 5. The van der Waals surface area contributed by atoms with Crippen LogP contribution in [0.15, 0.2) is 41.8 Å². The number of para-hydroxylation sites is 1. The molecule has 0 atom stereocenters. The maximum atomic E-state index is 11.9. The van der Waals surface area contributed by atoms with E-state index in [-0.39, 0.29) is 11.7 Å². The molecule has 0 saturated carbocycles. The summed E-state index contributed by atoms with van der Waals surface area (Å²) in [6.45, 7) is 0.479. The Morgan fingerprint density at radius 1 is 1.11 bits per heavy atom. The number of nitrogens with zero attached hydrogens (tertiary/aromatic N) is 3. The largest absolute Gasteiger partial charge is 0.344 e. The Morgan fingerprint density at radius 3 is 2.74 bits per heavy atom. The summed E-state index contributed by atoms with van der Waals surface area (Å²) in [5.74, 6) is -0.220. The van der Waals surface area contributed by atoms with Gasteiger partial charge in [0, 0.05) is 4.88 Å². The van der Waals surface area contributed by atoms with Crippen molar-refractivity contribution in [3.8, 4) is 0 Å². The Balaban J connectivity index is 1.77. The van der Waals surface area contributed by atoms with Crippen LogP contribution in [0.2, 0.25) is 0 Å². The first-order valence-electron chi connectivity index (χ1n) is 5.73. The van der Waals surface area contributed by atoms with Crippen LogP contribution >= 0.6 is 11.3 Å². The van der Waals surface area contributed by atoms with Crippen molar-refractivity contribution in [1.29, 1.82) is 0 Å². The van der Waals surface area contributed by atoms with Gasteiger partial charge in [-0.2, -0.15) is 0 Å². The molecule has 0 radical (unpaired) electrons. The number of amides is 1. The second-order valence-electron chi connectivity index (χ2n) is 3.89. The van der Waals surface area contributed by atoms with E-state index in [2.05, 4.69) is 20.5 Å². The molecule has 0 aliphatic carbocycles. The van der Waals surface area contributed by atoms with Gasteiger partial charge in [0.15, 0.2) is 0 Å². The number of carbonyl (C=O) groups is 1. The molecule has 2 heterocycles. The Morgan fingerprint density at radius 2 is 1.95 bits per heavy atom. The first kappa shape index (κ1) is 11.7. The summed E-state index contributed by atoms with van der Waals surface area (Å²) >= 11 is 1.59. The van der Waals surface area contributed by atoms with Crippen LogP contribution in [0.25, 0.3) is 11.0 Å². The van der Waals surface area contributed by atoms with E-state index in [0.29, 0.717) is 17.6 Å². The first-order valence-corrected chi connectivity index (χ1v) is 6.61. The third-order valence-electron chi connectivity index (χ3n) is 2.57. The van der Waals surface area contributed by atoms with Crippen molar-refractivity contribution in [2.45, 2.75) is 6.54 Å². The molecule has 0 aliphatic rings. The lowest BCUT2D eigenvalue weighted by Gasteiger charge is -2.02. The van der Waals surface area contributed by atoms with Gasteiger partial charge in [-0.3, -0.25) is 4.79 Å². The zero-order valence-corrected chi connectivity index (χ0v) is 10.7. The fourth-order valence-corrected chi connectivity index (χ4v) is 2.28. The van der Waals surface area contributed by atoms with Crippen molar-refractivity contribution >= 4 is 28.3 Å². The van der Waals surface area contributed by atoms with Crippen molar-refractivity contribution < 1.29 is 4.79 Å². The van der Waals surface area contributed by atoms with Crippen LogP contribution in [0, 0.1) is 0 Å². The van der Waals surface area contributed by atoms with Crippen LogP contribution in [0.5, 0.6) is 0 Å². The average molecular weight is 270 g/mol. The highest BCUT2D eigenvalue weighted by molar-refractivity contribution is 7.09. The van der Waals surface area contributed by atoms with Crippen LogP contribution in [0.3, 0.4) is 0 Å². The molecule has 0 aliphatic heterocycles. The minimum Gasteiger partial charge on any atom is -0.344 e. The van der Waals surface area contributed by atoms with E-state index in [9.17, 15) is 4.79 Å². The van der Waals surface area contributed by atoms with Crippen molar-refractivity contribution in [2.75, 3.05) is 0 Å². The fraction of sp³-hybridized carbons (Fsp3) is 0.0769. The highest BCUT2D eigenvalue weighted by Crippen LogP contribution is 2.09. The molecule has 0 bridgehead atoms. The number of benzene rings is 1. The predicted molar refractivity (Wildman–Crippen MR) is 72.8 cm³/mol. The third-order valence-corrected chi connectivity index (χ3v) is 3.44. The average Bonchev–Trinajstić information content (AvgIpc) is 2.97. The van der Waals surface area contributed by atoms with Crippen LogP contribution < -0.4 is 5.32 Å².